The molecule has 2 N–H and O–H groups in total. The first-order valence-corrected chi connectivity index (χ1v) is 9.27. The van der Waals surface area contributed by atoms with E-state index in [9.17, 15) is 15.0 Å². The van der Waals surface area contributed by atoms with Gasteiger partial charge in [-0.25, -0.2) is 0 Å². The van der Waals surface area contributed by atoms with Crippen molar-refractivity contribution in [3.05, 3.63) is 35.5 Å². The highest BCUT2D eigenvalue weighted by molar-refractivity contribution is 5.86. The van der Waals surface area contributed by atoms with E-state index in [2.05, 4.69) is 25.7 Å². The molecule has 3 saturated carbocycles. The van der Waals surface area contributed by atoms with Crippen LogP contribution in [0.2, 0.25) is 0 Å². The van der Waals surface area contributed by atoms with Crippen LogP contribution in [0.1, 0.15) is 65.2 Å². The minimum absolute atomic E-state index is 0.0871. The van der Waals surface area contributed by atoms with Gasteiger partial charge in [0.1, 0.15) is 5.60 Å². The second-order valence-corrected chi connectivity index (χ2v) is 8.21. The van der Waals surface area contributed by atoms with E-state index in [1.165, 1.54) is 12.5 Å². The Kier molecular flexibility index (Phi) is 4.61. The molecule has 0 aliphatic heterocycles. The molecular weight excluding hydrogens is 300 g/mol. The lowest BCUT2D eigenvalue weighted by Crippen LogP contribution is -2.51. The lowest BCUT2D eigenvalue weighted by Gasteiger charge is -2.45. The molecule has 3 fully saturated rings. The highest BCUT2D eigenvalue weighted by Gasteiger charge is 2.60. The summed E-state index contributed by atoms with van der Waals surface area (Å²) in [7, 11) is 0. The molecule has 4 atom stereocenters. The predicted octanol–water partition coefficient (Wildman–Crippen LogP) is 3.86. The van der Waals surface area contributed by atoms with E-state index in [0.717, 1.165) is 49.7 Å². The Morgan fingerprint density at radius 3 is 2.71 bits per heavy atom. The van der Waals surface area contributed by atoms with E-state index in [1.54, 1.807) is 0 Å². The number of carbonyl (C=O) groups is 1. The quantitative estimate of drug-likeness (QED) is 0.808. The minimum atomic E-state index is -1.17. The third-order valence-electron chi connectivity index (χ3n) is 6.89. The van der Waals surface area contributed by atoms with Crippen molar-refractivity contribution in [3.63, 3.8) is 0 Å². The normalized spacial score (nSPS) is 43.2. The van der Waals surface area contributed by atoms with Crippen LogP contribution in [0.25, 0.3) is 0 Å². The van der Waals surface area contributed by atoms with Gasteiger partial charge in [-0.05, 0) is 69.8 Å². The Balaban J connectivity index is 1.87. The summed E-state index contributed by atoms with van der Waals surface area (Å²) in [5, 5.41) is 20.9. The topological polar surface area (TPSA) is 57.5 Å². The van der Waals surface area contributed by atoms with Crippen molar-refractivity contribution in [1.29, 1.82) is 0 Å². The predicted molar refractivity (Wildman–Crippen MR) is 95.5 cm³/mol. The van der Waals surface area contributed by atoms with Gasteiger partial charge in [-0.2, -0.15) is 0 Å². The van der Waals surface area contributed by atoms with Gasteiger partial charge in [0, 0.05) is 5.41 Å². The molecule has 0 heterocycles. The summed E-state index contributed by atoms with van der Waals surface area (Å²) in [6.45, 7) is 7.75. The zero-order chi connectivity index (χ0) is 17.5. The number of allylic oxidation sites excluding steroid dienone is 4. The second-order valence-electron chi connectivity index (χ2n) is 8.21. The van der Waals surface area contributed by atoms with Crippen molar-refractivity contribution in [2.24, 2.45) is 11.3 Å². The maximum Gasteiger partial charge on any atom is 0.161 e. The van der Waals surface area contributed by atoms with Crippen molar-refractivity contribution < 1.29 is 15.0 Å². The molecule has 0 amide bonds. The third kappa shape index (κ3) is 2.72. The fourth-order valence-corrected chi connectivity index (χ4v) is 5.23. The summed E-state index contributed by atoms with van der Waals surface area (Å²) in [5.41, 5.74) is 2.11. The van der Waals surface area contributed by atoms with Gasteiger partial charge in [0.2, 0.25) is 0 Å². The van der Waals surface area contributed by atoms with Crippen molar-refractivity contribution in [1.82, 2.24) is 0 Å². The van der Waals surface area contributed by atoms with Gasteiger partial charge in [-0.15, -0.1) is 0 Å². The van der Waals surface area contributed by atoms with Crippen LogP contribution >= 0.6 is 0 Å². The molecule has 1 unspecified atom stereocenters. The lowest BCUT2D eigenvalue weighted by molar-refractivity contribution is -0.149. The number of Topliss-reactive ketones (excluding diaryl/α,β-unsaturated/α-hetero) is 1. The fourth-order valence-electron chi connectivity index (χ4n) is 5.23. The number of hydrogen-bond donors (Lipinski definition) is 2. The van der Waals surface area contributed by atoms with E-state index in [-0.39, 0.29) is 23.2 Å². The standard InChI is InChI=1S/C21H30O3/c1-14-6-9-18(23)13-17(14)8-7-16-5-4-11-20(3)19(16)10-12-21(20,24)15(2)22/h7-8,18-19,23-24H,1,4-6,9-13H2,2-3H3/b16-7+,17-8?/t18?,19-,20-,21+/m0/s1. The van der Waals surface area contributed by atoms with Crippen LogP contribution in [0.4, 0.5) is 0 Å². The van der Waals surface area contributed by atoms with Gasteiger partial charge in [0.15, 0.2) is 5.78 Å². The molecule has 0 aromatic heterocycles. The molecule has 0 aromatic carbocycles. The highest BCUT2D eigenvalue weighted by Crippen LogP contribution is 2.59. The molecule has 3 aliphatic carbocycles. The first-order valence-electron chi connectivity index (χ1n) is 9.27. The third-order valence-corrected chi connectivity index (χ3v) is 6.89. The number of carbonyl (C=O) groups excluding carboxylic acids is 1. The molecule has 3 heteroatoms. The Morgan fingerprint density at radius 1 is 1.25 bits per heavy atom. The number of hydrogen-bond acceptors (Lipinski definition) is 3. The minimum Gasteiger partial charge on any atom is -0.393 e. The molecule has 3 nitrogen and oxygen atoms in total. The van der Waals surface area contributed by atoms with Gasteiger partial charge >= 0.3 is 0 Å². The summed E-state index contributed by atoms with van der Waals surface area (Å²) in [4.78, 5) is 12.1. The molecule has 0 saturated heterocycles. The monoisotopic (exact) mass is 330 g/mol. The van der Waals surface area contributed by atoms with Crippen LogP contribution in [0.3, 0.4) is 0 Å². The zero-order valence-electron chi connectivity index (χ0n) is 15.0. The van der Waals surface area contributed by atoms with E-state index in [1.807, 2.05) is 0 Å². The van der Waals surface area contributed by atoms with Gasteiger partial charge in [-0.1, -0.05) is 36.8 Å². The van der Waals surface area contributed by atoms with Crippen molar-refractivity contribution in [2.45, 2.75) is 76.9 Å². The van der Waals surface area contributed by atoms with Crippen LogP contribution in [0.15, 0.2) is 35.5 Å². The van der Waals surface area contributed by atoms with Gasteiger partial charge in [0.05, 0.1) is 6.10 Å². The summed E-state index contributed by atoms with van der Waals surface area (Å²) >= 11 is 0. The second kappa shape index (κ2) is 6.27. The molecule has 24 heavy (non-hydrogen) atoms. The van der Waals surface area contributed by atoms with Crippen LogP contribution in [0, 0.1) is 11.3 Å². The summed E-state index contributed by atoms with van der Waals surface area (Å²) < 4.78 is 0. The van der Waals surface area contributed by atoms with Gasteiger partial charge in [0.25, 0.3) is 0 Å². The van der Waals surface area contributed by atoms with Crippen LogP contribution in [-0.2, 0) is 4.79 Å². The Morgan fingerprint density at radius 2 is 2.00 bits per heavy atom. The van der Waals surface area contributed by atoms with Crippen molar-refractivity contribution in [3.8, 4) is 0 Å². The van der Waals surface area contributed by atoms with Crippen LogP contribution in [0.5, 0.6) is 0 Å². The van der Waals surface area contributed by atoms with E-state index in [4.69, 9.17) is 0 Å². The Labute approximate surface area is 145 Å². The van der Waals surface area contributed by atoms with E-state index in [0.29, 0.717) is 12.8 Å². The lowest BCUT2D eigenvalue weighted by atomic mass is 9.61. The summed E-state index contributed by atoms with van der Waals surface area (Å²) in [6.07, 6.45) is 10.8. The Bertz CT molecular complexity index is 615. The molecule has 3 rings (SSSR count). The molecular formula is C21H30O3. The van der Waals surface area contributed by atoms with Crippen LogP contribution in [-0.4, -0.2) is 27.7 Å². The summed E-state index contributed by atoms with van der Waals surface area (Å²) in [6, 6.07) is 0. The SMILES string of the molecule is C=C1CCC(O)CC1=C/C=C1\CCC[C@@]2(C)[C@H]1CC[C@@]2(O)C(C)=O. The van der Waals surface area contributed by atoms with Gasteiger partial charge in [-0.3, -0.25) is 4.79 Å². The van der Waals surface area contributed by atoms with Crippen LogP contribution < -0.4 is 0 Å². The average molecular weight is 330 g/mol. The number of aliphatic hydroxyl groups excluding tert-OH is 1. The number of aliphatic hydroxyl groups is 2. The van der Waals surface area contributed by atoms with E-state index >= 15 is 0 Å². The smallest absolute Gasteiger partial charge is 0.161 e. The Hall–Kier alpha value is -1.19. The maximum atomic E-state index is 12.1. The highest BCUT2D eigenvalue weighted by atomic mass is 16.3. The zero-order valence-corrected chi connectivity index (χ0v) is 15.0. The number of rotatable bonds is 2. The molecule has 0 spiro atoms. The molecule has 0 aromatic rings. The fraction of sp³-hybridized carbons (Fsp3) is 0.667. The molecule has 0 bridgehead atoms. The van der Waals surface area contributed by atoms with E-state index < -0.39 is 5.60 Å². The average Bonchev–Trinajstić information content (AvgIpc) is 2.82. The molecule has 0 radical (unpaired) electrons. The van der Waals surface area contributed by atoms with Gasteiger partial charge < -0.3 is 10.2 Å². The molecule has 132 valence electrons. The molecule has 3 aliphatic rings. The number of ketones is 1. The number of fused-ring (bicyclic) bond motifs is 1. The van der Waals surface area contributed by atoms with Crippen molar-refractivity contribution in [2.75, 3.05) is 0 Å². The maximum absolute atomic E-state index is 12.1. The first kappa shape index (κ1) is 17.6. The first-order chi connectivity index (χ1) is 11.3. The van der Waals surface area contributed by atoms with Crippen molar-refractivity contribution >= 4 is 5.78 Å². The largest absolute Gasteiger partial charge is 0.393 e. The summed E-state index contributed by atoms with van der Waals surface area (Å²) in [5.74, 6) is 0.190.